The molecule has 4 nitrogen and oxygen atoms in total. The van der Waals surface area contributed by atoms with E-state index >= 15 is 0 Å². The smallest absolute Gasteiger partial charge is 0.333 e. The van der Waals surface area contributed by atoms with E-state index in [0.717, 1.165) is 12.2 Å². The van der Waals surface area contributed by atoms with Crippen LogP contribution in [-0.2, 0) is 19.1 Å². The van der Waals surface area contributed by atoms with Crippen molar-refractivity contribution in [3.63, 3.8) is 0 Å². The van der Waals surface area contributed by atoms with Crippen LogP contribution in [-0.4, -0.2) is 18.2 Å². The van der Waals surface area contributed by atoms with Gasteiger partial charge in [0.05, 0.1) is 0 Å². The first-order valence-corrected chi connectivity index (χ1v) is 3.42. The summed E-state index contributed by atoms with van der Waals surface area (Å²) in [5, 5.41) is 0. The van der Waals surface area contributed by atoms with Gasteiger partial charge in [0.25, 0.3) is 6.29 Å². The van der Waals surface area contributed by atoms with Crippen LogP contribution in [0, 0.1) is 0 Å². The molecule has 0 radical (unpaired) electrons. The summed E-state index contributed by atoms with van der Waals surface area (Å²) < 4.78 is 9.11. The lowest BCUT2D eigenvalue weighted by Gasteiger charge is -2.11. The molecule has 70 valence electrons. The van der Waals surface area contributed by atoms with Crippen LogP contribution in [0.3, 0.4) is 0 Å². The van der Waals surface area contributed by atoms with E-state index in [0.29, 0.717) is 0 Å². The van der Waals surface area contributed by atoms with Gasteiger partial charge in [-0.25, -0.2) is 9.59 Å². The molecule has 0 aromatic carbocycles. The van der Waals surface area contributed by atoms with Gasteiger partial charge >= 0.3 is 11.9 Å². The average Bonchev–Trinajstić information content (AvgIpc) is 2.16. The lowest BCUT2D eigenvalue weighted by Crippen LogP contribution is -2.20. The summed E-state index contributed by atoms with van der Waals surface area (Å²) in [5.74, 6) is -1.39. The van der Waals surface area contributed by atoms with Crippen molar-refractivity contribution in [1.29, 1.82) is 0 Å². The zero-order valence-electron chi connectivity index (χ0n) is 7.06. The molecule has 4 heteroatoms. The van der Waals surface area contributed by atoms with E-state index in [1.165, 1.54) is 6.08 Å². The quantitative estimate of drug-likeness (QED) is 0.275. The largest absolute Gasteiger partial charge is 0.418 e. The third-order valence-electron chi connectivity index (χ3n) is 0.990. The predicted octanol–water partition coefficient (Wildman–Crippen LogP) is 0.957. The molecule has 0 N–H and O–H groups in total. The first kappa shape index (κ1) is 11.2. The molecule has 0 saturated heterocycles. The van der Waals surface area contributed by atoms with Crippen molar-refractivity contribution in [3.8, 4) is 0 Å². The Balaban J connectivity index is 4.10. The summed E-state index contributed by atoms with van der Waals surface area (Å²) in [6, 6.07) is 0. The number of hydrogen-bond donors (Lipinski definition) is 0. The van der Waals surface area contributed by atoms with Crippen LogP contribution in [0.5, 0.6) is 0 Å². The molecule has 0 saturated carbocycles. The van der Waals surface area contributed by atoms with Gasteiger partial charge in [0.15, 0.2) is 0 Å². The topological polar surface area (TPSA) is 52.6 Å². The molecule has 0 atom stereocenters. The molecule has 0 spiro atoms. The Bertz CT molecular complexity index is 220. The van der Waals surface area contributed by atoms with Gasteiger partial charge in [0, 0.05) is 12.2 Å². The van der Waals surface area contributed by atoms with Crippen molar-refractivity contribution in [3.05, 3.63) is 38.0 Å². The van der Waals surface area contributed by atoms with Gasteiger partial charge in [-0.1, -0.05) is 19.7 Å². The SMILES string of the molecule is C=CC(=O)OC(C=C)OC(=O)C=C. The molecule has 0 aromatic heterocycles. The lowest BCUT2D eigenvalue weighted by atomic mass is 10.5. The number of rotatable bonds is 5. The molecule has 0 unspecified atom stereocenters. The van der Waals surface area contributed by atoms with Crippen LogP contribution >= 0.6 is 0 Å². The molecule has 13 heavy (non-hydrogen) atoms. The van der Waals surface area contributed by atoms with Crippen LogP contribution in [0.1, 0.15) is 0 Å². The minimum Gasteiger partial charge on any atom is -0.418 e. The van der Waals surface area contributed by atoms with Crippen molar-refractivity contribution < 1.29 is 19.1 Å². The summed E-state index contributed by atoms with van der Waals surface area (Å²) in [6.45, 7) is 9.67. The Morgan fingerprint density at radius 1 is 1.00 bits per heavy atom. The van der Waals surface area contributed by atoms with Crippen molar-refractivity contribution in [1.82, 2.24) is 0 Å². The van der Waals surface area contributed by atoms with Crippen molar-refractivity contribution in [2.75, 3.05) is 0 Å². The predicted molar refractivity (Wildman–Crippen MR) is 46.6 cm³/mol. The molecule has 0 rings (SSSR count). The Morgan fingerprint density at radius 2 is 1.38 bits per heavy atom. The maximum atomic E-state index is 10.6. The summed E-state index contributed by atoms with van der Waals surface area (Å²) >= 11 is 0. The maximum Gasteiger partial charge on any atom is 0.333 e. The minimum atomic E-state index is -1.10. The van der Waals surface area contributed by atoms with Gasteiger partial charge in [-0.3, -0.25) is 0 Å². The lowest BCUT2D eigenvalue weighted by molar-refractivity contribution is -0.172. The second-order valence-electron chi connectivity index (χ2n) is 1.89. The zero-order valence-corrected chi connectivity index (χ0v) is 7.06. The Labute approximate surface area is 76.1 Å². The van der Waals surface area contributed by atoms with E-state index in [9.17, 15) is 9.59 Å². The number of hydrogen-bond acceptors (Lipinski definition) is 4. The first-order chi connectivity index (χ1) is 6.13. The average molecular weight is 182 g/mol. The van der Waals surface area contributed by atoms with Gasteiger partial charge in [0.2, 0.25) is 0 Å². The van der Waals surface area contributed by atoms with Crippen molar-refractivity contribution in [2.45, 2.75) is 6.29 Å². The van der Waals surface area contributed by atoms with E-state index in [1.54, 1.807) is 0 Å². The van der Waals surface area contributed by atoms with Crippen LogP contribution in [0.2, 0.25) is 0 Å². The number of carbonyl (C=O) groups is 2. The summed E-state index contributed by atoms with van der Waals surface area (Å²) in [5.41, 5.74) is 0. The van der Waals surface area contributed by atoms with Crippen molar-refractivity contribution >= 4 is 11.9 Å². The highest BCUT2D eigenvalue weighted by Gasteiger charge is 2.11. The maximum absolute atomic E-state index is 10.6. The molecule has 0 aliphatic carbocycles. The highest BCUT2D eigenvalue weighted by atomic mass is 16.7. The van der Waals surface area contributed by atoms with Crippen LogP contribution in [0.15, 0.2) is 38.0 Å². The summed E-state index contributed by atoms with van der Waals surface area (Å²) in [6.07, 6.45) is 1.98. The Morgan fingerprint density at radius 3 is 1.62 bits per heavy atom. The fourth-order valence-corrected chi connectivity index (χ4v) is 0.445. The fraction of sp³-hybridized carbons (Fsp3) is 0.111. The number of ether oxygens (including phenoxy) is 2. The standard InChI is InChI=1S/C9H10O4/c1-4-7(10)12-9(6-3)13-8(11)5-2/h4-6,9H,1-3H2. The van der Waals surface area contributed by atoms with Gasteiger partial charge in [-0.15, -0.1) is 0 Å². The molecular formula is C9H10O4. The van der Waals surface area contributed by atoms with Gasteiger partial charge in [0.1, 0.15) is 0 Å². The molecule has 0 bridgehead atoms. The van der Waals surface area contributed by atoms with E-state index in [2.05, 4.69) is 29.2 Å². The molecule has 0 aliphatic rings. The number of carbonyl (C=O) groups excluding carboxylic acids is 2. The summed E-state index contributed by atoms with van der Waals surface area (Å²) in [4.78, 5) is 21.3. The third kappa shape index (κ3) is 4.58. The van der Waals surface area contributed by atoms with E-state index in [-0.39, 0.29) is 0 Å². The monoisotopic (exact) mass is 182 g/mol. The second kappa shape index (κ2) is 5.77. The fourth-order valence-electron chi connectivity index (χ4n) is 0.445. The van der Waals surface area contributed by atoms with Crippen LogP contribution in [0.4, 0.5) is 0 Å². The van der Waals surface area contributed by atoms with Gasteiger partial charge in [-0.05, 0) is 6.08 Å². The molecule has 0 aliphatic heterocycles. The van der Waals surface area contributed by atoms with Crippen molar-refractivity contribution in [2.24, 2.45) is 0 Å². The van der Waals surface area contributed by atoms with E-state index < -0.39 is 18.2 Å². The summed E-state index contributed by atoms with van der Waals surface area (Å²) in [7, 11) is 0. The molecule has 0 heterocycles. The highest BCUT2D eigenvalue weighted by Crippen LogP contribution is 1.98. The van der Waals surface area contributed by atoms with Gasteiger partial charge < -0.3 is 9.47 Å². The second-order valence-corrected chi connectivity index (χ2v) is 1.89. The molecular weight excluding hydrogens is 172 g/mol. The molecule has 0 fully saturated rings. The third-order valence-corrected chi connectivity index (χ3v) is 0.990. The zero-order chi connectivity index (χ0) is 10.3. The molecule has 0 amide bonds. The highest BCUT2D eigenvalue weighted by molar-refractivity contribution is 5.83. The minimum absolute atomic E-state index is 0.693. The van der Waals surface area contributed by atoms with E-state index in [1.807, 2.05) is 0 Å². The Kier molecular flexibility index (Phi) is 4.95. The first-order valence-electron chi connectivity index (χ1n) is 3.42. The van der Waals surface area contributed by atoms with Crippen LogP contribution in [0.25, 0.3) is 0 Å². The Hall–Kier alpha value is -1.84. The van der Waals surface area contributed by atoms with E-state index in [4.69, 9.17) is 0 Å². The normalized spacial score (nSPS) is 8.69. The number of esters is 2. The van der Waals surface area contributed by atoms with Crippen LogP contribution < -0.4 is 0 Å². The molecule has 0 aromatic rings. The van der Waals surface area contributed by atoms with Gasteiger partial charge in [-0.2, -0.15) is 0 Å².